The fourth-order valence-corrected chi connectivity index (χ4v) is 2.65. The molecule has 5 heteroatoms. The highest BCUT2D eigenvalue weighted by atomic mass is 16.5. The van der Waals surface area contributed by atoms with E-state index in [0.717, 1.165) is 37.2 Å². The van der Waals surface area contributed by atoms with Gasteiger partial charge in [0, 0.05) is 30.1 Å². The van der Waals surface area contributed by atoms with Gasteiger partial charge in [0.25, 0.3) is 0 Å². The van der Waals surface area contributed by atoms with Crippen LogP contribution in [0.4, 0.5) is 11.4 Å². The Labute approximate surface area is 119 Å². The third kappa shape index (κ3) is 3.35. The zero-order valence-electron chi connectivity index (χ0n) is 12.1. The van der Waals surface area contributed by atoms with Crippen molar-refractivity contribution < 1.29 is 9.53 Å². The molecule has 0 spiro atoms. The lowest BCUT2D eigenvalue weighted by molar-refractivity contribution is -0.119. The van der Waals surface area contributed by atoms with Crippen LogP contribution < -0.4 is 21.1 Å². The first-order chi connectivity index (χ1) is 9.47. The van der Waals surface area contributed by atoms with Crippen LogP contribution in [0.5, 0.6) is 5.75 Å². The Morgan fingerprint density at radius 2 is 2.10 bits per heavy atom. The van der Waals surface area contributed by atoms with Gasteiger partial charge in [-0.15, -0.1) is 0 Å². The van der Waals surface area contributed by atoms with Crippen molar-refractivity contribution in [1.29, 1.82) is 0 Å². The van der Waals surface area contributed by atoms with E-state index >= 15 is 0 Å². The van der Waals surface area contributed by atoms with Crippen molar-refractivity contribution in [2.75, 3.05) is 17.2 Å². The number of nitrogen functional groups attached to an aromatic ring is 1. The Hall–Kier alpha value is -1.91. The van der Waals surface area contributed by atoms with Crippen molar-refractivity contribution in [1.82, 2.24) is 0 Å². The van der Waals surface area contributed by atoms with Crippen molar-refractivity contribution in [3.05, 3.63) is 18.2 Å². The molecule has 5 nitrogen and oxygen atoms in total. The number of carbonyl (C=O) groups is 1. The molecule has 110 valence electrons. The molecule has 0 radical (unpaired) electrons. The second kappa shape index (κ2) is 6.03. The lowest BCUT2D eigenvalue weighted by Gasteiger charge is -2.35. The van der Waals surface area contributed by atoms with Gasteiger partial charge in [0.2, 0.25) is 5.91 Å². The average molecular weight is 277 g/mol. The normalized spacial score (nSPS) is 19.1. The largest absolute Gasteiger partial charge is 0.491 e. The smallest absolute Gasteiger partial charge is 0.240 e. The molecule has 1 atom stereocenters. The SMILES string of the molecule is CC(C)Oc1cc(N)cc(N2CCCCC2C(N)=O)c1. The molecule has 4 N–H and O–H groups in total. The summed E-state index contributed by atoms with van der Waals surface area (Å²) in [4.78, 5) is 13.6. The zero-order chi connectivity index (χ0) is 14.7. The fraction of sp³-hybridized carbons (Fsp3) is 0.533. The first-order valence-corrected chi connectivity index (χ1v) is 7.10. The van der Waals surface area contributed by atoms with Gasteiger partial charge in [-0.25, -0.2) is 0 Å². The molecule has 1 amide bonds. The molecule has 1 aliphatic heterocycles. The minimum atomic E-state index is -0.279. The number of nitrogens with zero attached hydrogens (tertiary/aromatic N) is 1. The number of carbonyl (C=O) groups excluding carboxylic acids is 1. The van der Waals surface area contributed by atoms with E-state index < -0.39 is 0 Å². The Balaban J connectivity index is 2.30. The van der Waals surface area contributed by atoms with Crippen LogP contribution in [0.1, 0.15) is 33.1 Å². The highest BCUT2D eigenvalue weighted by Gasteiger charge is 2.27. The summed E-state index contributed by atoms with van der Waals surface area (Å²) >= 11 is 0. The number of nitrogens with two attached hydrogens (primary N) is 2. The molecule has 0 saturated carbocycles. The summed E-state index contributed by atoms with van der Waals surface area (Å²) < 4.78 is 5.70. The summed E-state index contributed by atoms with van der Waals surface area (Å²) in [5, 5.41) is 0. The van der Waals surface area contributed by atoms with Gasteiger partial charge in [-0.3, -0.25) is 4.79 Å². The molecule has 1 saturated heterocycles. The molecule has 1 aromatic carbocycles. The Kier molecular flexibility index (Phi) is 4.37. The van der Waals surface area contributed by atoms with E-state index in [9.17, 15) is 4.79 Å². The lowest BCUT2D eigenvalue weighted by atomic mass is 10.0. The molecule has 0 aliphatic carbocycles. The molecule has 1 fully saturated rings. The maximum Gasteiger partial charge on any atom is 0.240 e. The molecule has 1 unspecified atom stereocenters. The maximum absolute atomic E-state index is 11.6. The first kappa shape index (κ1) is 14.5. The Morgan fingerprint density at radius 1 is 1.35 bits per heavy atom. The number of rotatable bonds is 4. The maximum atomic E-state index is 11.6. The molecule has 20 heavy (non-hydrogen) atoms. The van der Waals surface area contributed by atoms with Gasteiger partial charge < -0.3 is 21.1 Å². The monoisotopic (exact) mass is 277 g/mol. The second-order valence-corrected chi connectivity index (χ2v) is 5.53. The average Bonchev–Trinajstić information content (AvgIpc) is 2.37. The summed E-state index contributed by atoms with van der Waals surface area (Å²) in [7, 11) is 0. The van der Waals surface area contributed by atoms with Gasteiger partial charge >= 0.3 is 0 Å². The number of primary amides is 1. The summed E-state index contributed by atoms with van der Waals surface area (Å²) in [6.07, 6.45) is 2.96. The van der Waals surface area contributed by atoms with Crippen LogP contribution in [-0.4, -0.2) is 24.6 Å². The number of ether oxygens (including phenoxy) is 1. The zero-order valence-corrected chi connectivity index (χ0v) is 12.1. The first-order valence-electron chi connectivity index (χ1n) is 7.10. The van der Waals surface area contributed by atoms with E-state index in [1.807, 2.05) is 30.9 Å². The van der Waals surface area contributed by atoms with Crippen LogP contribution in [0.25, 0.3) is 0 Å². The van der Waals surface area contributed by atoms with Gasteiger partial charge in [0.05, 0.1) is 6.10 Å². The minimum Gasteiger partial charge on any atom is -0.491 e. The predicted octanol–water partition coefficient (Wildman–Crippen LogP) is 1.90. The topological polar surface area (TPSA) is 81.6 Å². The quantitative estimate of drug-likeness (QED) is 0.824. The highest BCUT2D eigenvalue weighted by Crippen LogP contribution is 2.30. The molecular formula is C15H23N3O2. The highest BCUT2D eigenvalue weighted by molar-refractivity contribution is 5.84. The molecular weight excluding hydrogens is 254 g/mol. The van der Waals surface area contributed by atoms with Crippen molar-refractivity contribution in [3.8, 4) is 5.75 Å². The van der Waals surface area contributed by atoms with Crippen LogP contribution >= 0.6 is 0 Å². The van der Waals surface area contributed by atoms with E-state index in [2.05, 4.69) is 0 Å². The van der Waals surface area contributed by atoms with Gasteiger partial charge in [-0.2, -0.15) is 0 Å². The van der Waals surface area contributed by atoms with E-state index in [1.165, 1.54) is 0 Å². The van der Waals surface area contributed by atoms with Gasteiger partial charge in [-0.1, -0.05) is 0 Å². The van der Waals surface area contributed by atoms with Crippen LogP contribution in [0.15, 0.2) is 18.2 Å². The number of amides is 1. The molecule has 1 heterocycles. The van der Waals surface area contributed by atoms with Crippen molar-refractivity contribution >= 4 is 17.3 Å². The second-order valence-electron chi connectivity index (χ2n) is 5.53. The number of hydrogen-bond acceptors (Lipinski definition) is 4. The van der Waals surface area contributed by atoms with E-state index in [0.29, 0.717) is 5.69 Å². The summed E-state index contributed by atoms with van der Waals surface area (Å²) in [5.74, 6) is 0.447. The number of benzene rings is 1. The molecule has 1 aliphatic rings. The number of piperidine rings is 1. The van der Waals surface area contributed by atoms with E-state index in [1.54, 1.807) is 6.07 Å². The van der Waals surface area contributed by atoms with Crippen LogP contribution in [-0.2, 0) is 4.79 Å². The van der Waals surface area contributed by atoms with E-state index in [4.69, 9.17) is 16.2 Å². The van der Waals surface area contributed by atoms with Crippen molar-refractivity contribution in [2.24, 2.45) is 5.73 Å². The molecule has 1 aromatic rings. The van der Waals surface area contributed by atoms with Gasteiger partial charge in [0.1, 0.15) is 11.8 Å². The van der Waals surface area contributed by atoms with Gasteiger partial charge in [-0.05, 0) is 39.2 Å². The molecule has 0 aromatic heterocycles. The molecule has 0 bridgehead atoms. The van der Waals surface area contributed by atoms with Gasteiger partial charge in [0.15, 0.2) is 0 Å². The lowest BCUT2D eigenvalue weighted by Crippen LogP contribution is -2.47. The van der Waals surface area contributed by atoms with Crippen molar-refractivity contribution in [3.63, 3.8) is 0 Å². The summed E-state index contributed by atoms with van der Waals surface area (Å²) in [5.41, 5.74) is 13.0. The summed E-state index contributed by atoms with van der Waals surface area (Å²) in [6, 6.07) is 5.34. The van der Waals surface area contributed by atoms with Crippen LogP contribution in [0, 0.1) is 0 Å². The third-order valence-corrected chi connectivity index (χ3v) is 3.45. The minimum absolute atomic E-state index is 0.0814. The van der Waals surface area contributed by atoms with Crippen LogP contribution in [0.2, 0.25) is 0 Å². The van der Waals surface area contributed by atoms with Crippen LogP contribution in [0.3, 0.4) is 0 Å². The summed E-state index contributed by atoms with van der Waals surface area (Å²) in [6.45, 7) is 4.75. The van der Waals surface area contributed by atoms with E-state index in [-0.39, 0.29) is 18.1 Å². The Morgan fingerprint density at radius 3 is 2.75 bits per heavy atom. The standard InChI is InChI=1S/C15H23N3O2/c1-10(2)20-13-8-11(16)7-12(9-13)18-6-4-3-5-14(18)15(17)19/h7-10,14H,3-6,16H2,1-2H3,(H2,17,19). The van der Waals surface area contributed by atoms with Crippen molar-refractivity contribution in [2.45, 2.75) is 45.3 Å². The third-order valence-electron chi connectivity index (χ3n) is 3.45. The Bertz CT molecular complexity index is 488. The predicted molar refractivity (Wildman–Crippen MR) is 80.8 cm³/mol. The fourth-order valence-electron chi connectivity index (χ4n) is 2.65. The number of anilines is 2. The molecule has 2 rings (SSSR count). The number of hydrogen-bond donors (Lipinski definition) is 2.